The number of carboxylic acid groups (broad SMARTS) is 1. The van der Waals surface area contributed by atoms with Crippen molar-refractivity contribution >= 4 is 28.9 Å². The van der Waals surface area contributed by atoms with Crippen LogP contribution in [0.15, 0.2) is 24.3 Å². The number of nitrogens with one attached hydrogen (secondary N) is 1. The standard InChI is InChI=1S/C12H10N2O4/c1-18-10(15)5-3-7-2-4-9-8(6-7)11(12(16)17)14-13-9/h2-6H,1H3,(H,13,14)(H,16,17). The zero-order chi connectivity index (χ0) is 13.1. The molecule has 92 valence electrons. The van der Waals surface area contributed by atoms with E-state index < -0.39 is 11.9 Å². The number of carboxylic acids is 1. The summed E-state index contributed by atoms with van der Waals surface area (Å²) >= 11 is 0. The molecular weight excluding hydrogens is 236 g/mol. The van der Waals surface area contributed by atoms with Gasteiger partial charge in [-0.2, -0.15) is 5.10 Å². The number of carbonyl (C=O) groups is 2. The highest BCUT2D eigenvalue weighted by atomic mass is 16.5. The van der Waals surface area contributed by atoms with Crippen LogP contribution in [-0.2, 0) is 9.53 Å². The summed E-state index contributed by atoms with van der Waals surface area (Å²) in [5, 5.41) is 15.8. The van der Waals surface area contributed by atoms with Gasteiger partial charge in [0.1, 0.15) is 0 Å². The maximum atomic E-state index is 11.0. The van der Waals surface area contributed by atoms with Crippen molar-refractivity contribution in [1.82, 2.24) is 10.2 Å². The highest BCUT2D eigenvalue weighted by molar-refractivity contribution is 6.01. The highest BCUT2D eigenvalue weighted by Gasteiger charge is 2.12. The third-order valence-electron chi connectivity index (χ3n) is 2.40. The van der Waals surface area contributed by atoms with E-state index in [-0.39, 0.29) is 5.69 Å². The Morgan fingerprint density at radius 2 is 2.22 bits per heavy atom. The van der Waals surface area contributed by atoms with Gasteiger partial charge in [0.15, 0.2) is 5.69 Å². The topological polar surface area (TPSA) is 92.3 Å². The van der Waals surface area contributed by atoms with Crippen LogP contribution in [0.25, 0.3) is 17.0 Å². The Hall–Kier alpha value is -2.63. The maximum Gasteiger partial charge on any atom is 0.357 e. The third-order valence-corrected chi connectivity index (χ3v) is 2.40. The lowest BCUT2D eigenvalue weighted by Gasteiger charge is -1.95. The lowest BCUT2D eigenvalue weighted by Crippen LogP contribution is -1.96. The van der Waals surface area contributed by atoms with Crippen LogP contribution in [0.3, 0.4) is 0 Å². The van der Waals surface area contributed by atoms with Gasteiger partial charge in [0, 0.05) is 11.5 Å². The molecule has 0 aliphatic heterocycles. The van der Waals surface area contributed by atoms with E-state index in [0.717, 1.165) is 0 Å². The minimum Gasteiger partial charge on any atom is -0.476 e. The molecule has 0 amide bonds. The molecule has 2 N–H and O–H groups in total. The molecule has 0 atom stereocenters. The van der Waals surface area contributed by atoms with Crippen molar-refractivity contribution in [3.05, 3.63) is 35.5 Å². The average Bonchev–Trinajstić information content (AvgIpc) is 2.78. The van der Waals surface area contributed by atoms with Crippen LogP contribution >= 0.6 is 0 Å². The number of hydrogen-bond donors (Lipinski definition) is 2. The number of nitrogens with zero attached hydrogens (tertiary/aromatic N) is 1. The molecule has 6 nitrogen and oxygen atoms in total. The van der Waals surface area contributed by atoms with Crippen molar-refractivity contribution < 1.29 is 19.4 Å². The summed E-state index contributed by atoms with van der Waals surface area (Å²) in [5.74, 6) is -1.57. The Morgan fingerprint density at radius 1 is 1.44 bits per heavy atom. The van der Waals surface area contributed by atoms with Crippen molar-refractivity contribution in [1.29, 1.82) is 0 Å². The number of fused-ring (bicyclic) bond motifs is 1. The van der Waals surface area contributed by atoms with Crippen molar-refractivity contribution in [2.45, 2.75) is 0 Å². The highest BCUT2D eigenvalue weighted by Crippen LogP contribution is 2.18. The van der Waals surface area contributed by atoms with E-state index in [0.29, 0.717) is 16.5 Å². The van der Waals surface area contributed by atoms with Gasteiger partial charge in [-0.05, 0) is 23.8 Å². The molecule has 0 fully saturated rings. The molecule has 1 heterocycles. The van der Waals surface area contributed by atoms with Crippen LogP contribution in [0.1, 0.15) is 16.1 Å². The normalized spacial score (nSPS) is 10.9. The number of carbonyl (C=O) groups excluding carboxylic acids is 1. The SMILES string of the molecule is COC(=O)C=Cc1ccc2[nH]nc(C(=O)O)c2c1. The number of ether oxygens (including phenoxy) is 1. The molecular formula is C12H10N2O4. The fourth-order valence-corrected chi connectivity index (χ4v) is 1.53. The number of benzene rings is 1. The van der Waals surface area contributed by atoms with Crippen LogP contribution in [0, 0.1) is 0 Å². The molecule has 6 heteroatoms. The number of rotatable bonds is 3. The first kappa shape index (κ1) is 11.8. The first-order valence-electron chi connectivity index (χ1n) is 5.09. The number of hydrogen-bond acceptors (Lipinski definition) is 4. The van der Waals surface area contributed by atoms with Crippen LogP contribution in [-0.4, -0.2) is 34.4 Å². The molecule has 0 aliphatic carbocycles. The predicted octanol–water partition coefficient (Wildman–Crippen LogP) is 1.45. The van der Waals surface area contributed by atoms with Crippen LogP contribution in [0.5, 0.6) is 0 Å². The van der Waals surface area contributed by atoms with Crippen LogP contribution < -0.4 is 0 Å². The monoisotopic (exact) mass is 246 g/mol. The van der Waals surface area contributed by atoms with Gasteiger partial charge in [0.25, 0.3) is 0 Å². The predicted molar refractivity (Wildman–Crippen MR) is 64.1 cm³/mol. The quantitative estimate of drug-likeness (QED) is 0.631. The molecule has 0 radical (unpaired) electrons. The second kappa shape index (κ2) is 4.70. The van der Waals surface area contributed by atoms with E-state index in [1.54, 1.807) is 24.3 Å². The zero-order valence-electron chi connectivity index (χ0n) is 9.51. The van der Waals surface area contributed by atoms with Gasteiger partial charge >= 0.3 is 11.9 Å². The molecule has 0 bridgehead atoms. The van der Waals surface area contributed by atoms with Gasteiger partial charge in [-0.3, -0.25) is 5.10 Å². The van der Waals surface area contributed by atoms with Gasteiger partial charge in [-0.1, -0.05) is 6.07 Å². The first-order valence-corrected chi connectivity index (χ1v) is 5.09. The molecule has 0 saturated carbocycles. The molecule has 0 spiro atoms. The van der Waals surface area contributed by atoms with Crippen LogP contribution in [0.2, 0.25) is 0 Å². The zero-order valence-corrected chi connectivity index (χ0v) is 9.51. The molecule has 0 saturated heterocycles. The number of aromatic amines is 1. The Balaban J connectivity index is 2.42. The van der Waals surface area contributed by atoms with Crippen molar-refractivity contribution in [3.8, 4) is 0 Å². The second-order valence-electron chi connectivity index (χ2n) is 3.54. The van der Waals surface area contributed by atoms with E-state index in [1.165, 1.54) is 13.2 Å². The van der Waals surface area contributed by atoms with E-state index >= 15 is 0 Å². The molecule has 1 aromatic carbocycles. The average molecular weight is 246 g/mol. The minimum absolute atomic E-state index is 0.0432. The number of aromatic carboxylic acids is 1. The van der Waals surface area contributed by atoms with Gasteiger partial charge in [-0.15, -0.1) is 0 Å². The summed E-state index contributed by atoms with van der Waals surface area (Å²) in [6.07, 6.45) is 2.81. The molecule has 18 heavy (non-hydrogen) atoms. The molecule has 0 unspecified atom stereocenters. The Bertz CT molecular complexity index is 643. The Morgan fingerprint density at radius 3 is 2.89 bits per heavy atom. The number of esters is 1. The molecule has 0 aliphatic rings. The number of methoxy groups -OCH3 is 1. The van der Waals surface area contributed by atoms with Crippen molar-refractivity contribution in [2.24, 2.45) is 0 Å². The largest absolute Gasteiger partial charge is 0.476 e. The Kier molecular flexibility index (Phi) is 3.09. The fourth-order valence-electron chi connectivity index (χ4n) is 1.53. The van der Waals surface area contributed by atoms with E-state index in [9.17, 15) is 9.59 Å². The maximum absolute atomic E-state index is 11.0. The molecule has 1 aromatic heterocycles. The van der Waals surface area contributed by atoms with E-state index in [4.69, 9.17) is 5.11 Å². The van der Waals surface area contributed by atoms with E-state index in [2.05, 4.69) is 14.9 Å². The summed E-state index contributed by atoms with van der Waals surface area (Å²) in [6.45, 7) is 0. The van der Waals surface area contributed by atoms with Crippen molar-refractivity contribution in [3.63, 3.8) is 0 Å². The summed E-state index contributed by atoms with van der Waals surface area (Å²) < 4.78 is 4.47. The van der Waals surface area contributed by atoms with Gasteiger partial charge in [0.2, 0.25) is 0 Å². The second-order valence-corrected chi connectivity index (χ2v) is 3.54. The molecule has 2 aromatic rings. The number of H-pyrrole nitrogens is 1. The fraction of sp³-hybridized carbons (Fsp3) is 0.0833. The van der Waals surface area contributed by atoms with Crippen molar-refractivity contribution in [2.75, 3.05) is 7.11 Å². The summed E-state index contributed by atoms with van der Waals surface area (Å²) in [6, 6.07) is 5.08. The lowest BCUT2D eigenvalue weighted by atomic mass is 10.1. The first-order chi connectivity index (χ1) is 8.61. The Labute approximate surface area is 102 Å². The van der Waals surface area contributed by atoms with Gasteiger partial charge < -0.3 is 9.84 Å². The van der Waals surface area contributed by atoms with E-state index in [1.807, 2.05) is 0 Å². The summed E-state index contributed by atoms with van der Waals surface area (Å²) in [5.41, 5.74) is 1.28. The minimum atomic E-state index is -1.10. The van der Waals surface area contributed by atoms with Gasteiger partial charge in [-0.25, -0.2) is 9.59 Å². The van der Waals surface area contributed by atoms with Gasteiger partial charge in [0.05, 0.1) is 12.6 Å². The smallest absolute Gasteiger partial charge is 0.357 e. The lowest BCUT2D eigenvalue weighted by molar-refractivity contribution is -0.134. The molecule has 2 rings (SSSR count). The third kappa shape index (κ3) is 2.22. The summed E-state index contributed by atoms with van der Waals surface area (Å²) in [4.78, 5) is 21.9. The number of aromatic nitrogens is 2. The van der Waals surface area contributed by atoms with Crippen LogP contribution in [0.4, 0.5) is 0 Å². The summed E-state index contributed by atoms with van der Waals surface area (Å²) in [7, 11) is 1.29.